The first kappa shape index (κ1) is 11.9. The average Bonchev–Trinajstić information content (AvgIpc) is 2.22. The monoisotopic (exact) mass is 228 g/mol. The van der Waals surface area contributed by atoms with E-state index in [2.05, 4.69) is 0 Å². The quantitative estimate of drug-likeness (QED) is 0.747. The van der Waals surface area contributed by atoms with Crippen molar-refractivity contribution in [2.45, 2.75) is 13.8 Å². The first-order valence-electron chi connectivity index (χ1n) is 4.62. The molecule has 0 saturated carbocycles. The van der Waals surface area contributed by atoms with Gasteiger partial charge in [-0.05, 0) is 26.0 Å². The topological polar surface area (TPSA) is 35.5 Å². The fourth-order valence-electron chi connectivity index (χ4n) is 1.25. The van der Waals surface area contributed by atoms with E-state index in [4.69, 9.17) is 21.1 Å². The van der Waals surface area contributed by atoms with Crippen molar-refractivity contribution in [2.75, 3.05) is 13.7 Å². The van der Waals surface area contributed by atoms with Crippen LogP contribution in [-0.4, -0.2) is 19.7 Å². The van der Waals surface area contributed by atoms with Gasteiger partial charge in [0, 0.05) is 5.56 Å². The first-order valence-corrected chi connectivity index (χ1v) is 4.99. The zero-order valence-electron chi connectivity index (χ0n) is 8.96. The van der Waals surface area contributed by atoms with Gasteiger partial charge in [0.2, 0.25) is 0 Å². The highest BCUT2D eigenvalue weighted by atomic mass is 35.5. The van der Waals surface area contributed by atoms with Crippen LogP contribution < -0.4 is 4.74 Å². The number of halogens is 1. The molecule has 1 aromatic carbocycles. The van der Waals surface area contributed by atoms with Gasteiger partial charge in [0.15, 0.2) is 0 Å². The van der Waals surface area contributed by atoms with Crippen molar-refractivity contribution >= 4 is 17.6 Å². The zero-order chi connectivity index (χ0) is 11.4. The van der Waals surface area contributed by atoms with Gasteiger partial charge in [0.05, 0.1) is 24.3 Å². The summed E-state index contributed by atoms with van der Waals surface area (Å²) >= 11 is 6.03. The van der Waals surface area contributed by atoms with Crippen molar-refractivity contribution in [3.05, 3.63) is 28.3 Å². The molecule has 15 heavy (non-hydrogen) atoms. The molecule has 82 valence electrons. The minimum absolute atomic E-state index is 0.334. The van der Waals surface area contributed by atoms with Gasteiger partial charge in [-0.1, -0.05) is 11.6 Å². The van der Waals surface area contributed by atoms with Crippen molar-refractivity contribution in [1.29, 1.82) is 0 Å². The smallest absolute Gasteiger partial charge is 0.339 e. The molecule has 1 aromatic rings. The molecule has 0 fully saturated rings. The van der Waals surface area contributed by atoms with E-state index >= 15 is 0 Å². The predicted octanol–water partition coefficient (Wildman–Crippen LogP) is 2.83. The number of ether oxygens (including phenoxy) is 2. The highest BCUT2D eigenvalue weighted by Crippen LogP contribution is 2.29. The van der Waals surface area contributed by atoms with Crippen LogP contribution >= 0.6 is 11.6 Å². The minimum atomic E-state index is -0.409. The van der Waals surface area contributed by atoms with Crippen molar-refractivity contribution < 1.29 is 14.3 Å². The van der Waals surface area contributed by atoms with E-state index in [9.17, 15) is 4.79 Å². The third kappa shape index (κ3) is 2.42. The molecule has 0 aromatic heterocycles. The number of benzene rings is 1. The van der Waals surface area contributed by atoms with Crippen LogP contribution in [0.25, 0.3) is 0 Å². The molecule has 0 spiro atoms. The van der Waals surface area contributed by atoms with Crippen LogP contribution in [0.1, 0.15) is 22.8 Å². The lowest BCUT2D eigenvalue weighted by atomic mass is 10.1. The number of hydrogen-bond donors (Lipinski definition) is 0. The molecule has 0 bridgehead atoms. The highest BCUT2D eigenvalue weighted by molar-refractivity contribution is 6.34. The van der Waals surface area contributed by atoms with Gasteiger partial charge < -0.3 is 9.47 Å². The second kappa shape index (κ2) is 5.03. The number of hydrogen-bond acceptors (Lipinski definition) is 3. The molecule has 0 aliphatic carbocycles. The Hall–Kier alpha value is -1.22. The highest BCUT2D eigenvalue weighted by Gasteiger charge is 2.15. The summed E-state index contributed by atoms with van der Waals surface area (Å²) in [6.07, 6.45) is 0. The zero-order valence-corrected chi connectivity index (χ0v) is 9.72. The molecule has 0 heterocycles. The molecular weight excluding hydrogens is 216 g/mol. The molecular formula is C11H13ClO3. The van der Waals surface area contributed by atoms with Crippen LogP contribution in [0, 0.1) is 6.92 Å². The lowest BCUT2D eigenvalue weighted by Crippen LogP contribution is -2.06. The maximum Gasteiger partial charge on any atom is 0.339 e. The van der Waals surface area contributed by atoms with E-state index in [1.165, 1.54) is 0 Å². The number of carbonyl (C=O) groups excluding carboxylic acids is 1. The number of methoxy groups -OCH3 is 1. The van der Waals surface area contributed by atoms with Crippen LogP contribution in [-0.2, 0) is 4.74 Å². The third-order valence-corrected chi connectivity index (χ3v) is 2.54. The summed E-state index contributed by atoms with van der Waals surface area (Å²) in [4.78, 5) is 11.5. The van der Waals surface area contributed by atoms with E-state index in [1.807, 2.05) is 0 Å². The van der Waals surface area contributed by atoms with Crippen LogP contribution in [0.5, 0.6) is 5.75 Å². The lowest BCUT2D eigenvalue weighted by molar-refractivity contribution is 0.0526. The van der Waals surface area contributed by atoms with Gasteiger partial charge in [-0.25, -0.2) is 4.79 Å². The van der Waals surface area contributed by atoms with E-state index in [1.54, 1.807) is 33.1 Å². The fraction of sp³-hybridized carbons (Fsp3) is 0.364. The number of esters is 1. The molecule has 0 aliphatic rings. The summed E-state index contributed by atoms with van der Waals surface area (Å²) < 4.78 is 9.96. The van der Waals surface area contributed by atoms with Crippen molar-refractivity contribution in [2.24, 2.45) is 0 Å². The summed E-state index contributed by atoms with van der Waals surface area (Å²) in [5.41, 5.74) is 1.11. The Morgan fingerprint density at radius 2 is 2.13 bits per heavy atom. The van der Waals surface area contributed by atoms with Gasteiger partial charge in [0.25, 0.3) is 0 Å². The van der Waals surface area contributed by atoms with Gasteiger partial charge in [-0.3, -0.25) is 0 Å². The first-order chi connectivity index (χ1) is 7.11. The second-order valence-electron chi connectivity index (χ2n) is 2.97. The molecule has 1 rings (SSSR count). The van der Waals surface area contributed by atoms with Crippen molar-refractivity contribution in [1.82, 2.24) is 0 Å². The van der Waals surface area contributed by atoms with E-state index in [-0.39, 0.29) is 0 Å². The Morgan fingerprint density at radius 3 is 2.67 bits per heavy atom. The second-order valence-corrected chi connectivity index (χ2v) is 3.35. The Morgan fingerprint density at radius 1 is 1.47 bits per heavy atom. The fourth-order valence-corrected chi connectivity index (χ4v) is 1.49. The predicted molar refractivity (Wildman–Crippen MR) is 58.7 cm³/mol. The maximum absolute atomic E-state index is 11.5. The molecule has 0 atom stereocenters. The molecule has 0 amide bonds. The average molecular weight is 229 g/mol. The Bertz CT molecular complexity index is 374. The molecule has 0 radical (unpaired) electrons. The van der Waals surface area contributed by atoms with Crippen molar-refractivity contribution in [3.63, 3.8) is 0 Å². The SMILES string of the molecule is CCOC(=O)c1ccc(OC)c(C)c1Cl. The van der Waals surface area contributed by atoms with Gasteiger partial charge in [0.1, 0.15) is 5.75 Å². The molecule has 0 aliphatic heterocycles. The Labute approximate surface area is 93.9 Å². The van der Waals surface area contributed by atoms with Crippen LogP contribution in [0.3, 0.4) is 0 Å². The lowest BCUT2D eigenvalue weighted by Gasteiger charge is -2.09. The maximum atomic E-state index is 11.5. The molecule has 0 unspecified atom stereocenters. The third-order valence-electron chi connectivity index (χ3n) is 2.05. The molecule has 0 saturated heterocycles. The van der Waals surface area contributed by atoms with E-state index in [0.717, 1.165) is 5.56 Å². The molecule has 4 heteroatoms. The molecule has 0 N–H and O–H groups in total. The minimum Gasteiger partial charge on any atom is -0.496 e. The van der Waals surface area contributed by atoms with Gasteiger partial charge in [-0.2, -0.15) is 0 Å². The summed E-state index contributed by atoms with van der Waals surface area (Å²) in [5, 5.41) is 0.382. The summed E-state index contributed by atoms with van der Waals surface area (Å²) in [6.45, 7) is 3.88. The summed E-state index contributed by atoms with van der Waals surface area (Å²) in [5.74, 6) is 0.251. The normalized spacial score (nSPS) is 9.87. The van der Waals surface area contributed by atoms with E-state index in [0.29, 0.717) is 22.9 Å². The van der Waals surface area contributed by atoms with Gasteiger partial charge >= 0.3 is 5.97 Å². The largest absolute Gasteiger partial charge is 0.496 e. The number of rotatable bonds is 3. The summed E-state index contributed by atoms with van der Waals surface area (Å²) in [6, 6.07) is 3.31. The Kier molecular flexibility index (Phi) is 3.97. The Balaban J connectivity index is 3.11. The van der Waals surface area contributed by atoms with E-state index < -0.39 is 5.97 Å². The number of carbonyl (C=O) groups is 1. The van der Waals surface area contributed by atoms with Crippen LogP contribution in [0.4, 0.5) is 0 Å². The standard InChI is InChI=1S/C11H13ClO3/c1-4-15-11(13)8-5-6-9(14-3)7(2)10(8)12/h5-6H,4H2,1-3H3. The van der Waals surface area contributed by atoms with Crippen molar-refractivity contribution in [3.8, 4) is 5.75 Å². The van der Waals surface area contributed by atoms with Crippen LogP contribution in [0.2, 0.25) is 5.02 Å². The van der Waals surface area contributed by atoms with Crippen LogP contribution in [0.15, 0.2) is 12.1 Å². The summed E-state index contributed by atoms with van der Waals surface area (Å²) in [7, 11) is 1.56. The van der Waals surface area contributed by atoms with Gasteiger partial charge in [-0.15, -0.1) is 0 Å². The molecule has 3 nitrogen and oxygen atoms in total.